The first kappa shape index (κ1) is 21.6. The third kappa shape index (κ3) is 3.95. The van der Waals surface area contributed by atoms with Crippen LogP contribution in [0.1, 0.15) is 31.2 Å². The van der Waals surface area contributed by atoms with E-state index in [9.17, 15) is 13.2 Å². The van der Waals surface area contributed by atoms with Gasteiger partial charge in [0.1, 0.15) is 0 Å². The summed E-state index contributed by atoms with van der Waals surface area (Å²) in [5.41, 5.74) is 7.22. The minimum absolute atomic E-state index is 0. The molecule has 4 rings (SSSR count). The van der Waals surface area contributed by atoms with E-state index in [1.54, 1.807) is 12.1 Å². The van der Waals surface area contributed by atoms with Gasteiger partial charge in [-0.1, -0.05) is 17.7 Å². The van der Waals surface area contributed by atoms with Gasteiger partial charge in [0.2, 0.25) is 15.9 Å². The van der Waals surface area contributed by atoms with E-state index < -0.39 is 10.0 Å². The van der Waals surface area contributed by atoms with Gasteiger partial charge in [0.05, 0.1) is 4.90 Å². The topological polar surface area (TPSA) is 83.7 Å². The molecule has 156 valence electrons. The highest BCUT2D eigenvalue weighted by Crippen LogP contribution is 2.38. The van der Waals surface area contributed by atoms with Crippen LogP contribution >= 0.6 is 12.4 Å². The van der Waals surface area contributed by atoms with Crippen molar-refractivity contribution in [2.24, 2.45) is 23.5 Å². The van der Waals surface area contributed by atoms with Crippen LogP contribution in [0.3, 0.4) is 0 Å². The van der Waals surface area contributed by atoms with E-state index in [1.807, 2.05) is 24.0 Å². The summed E-state index contributed by atoms with van der Waals surface area (Å²) in [6, 6.07) is 7.19. The number of carbonyl (C=O) groups excluding carboxylic acids is 1. The summed E-state index contributed by atoms with van der Waals surface area (Å²) in [6.45, 7) is 4.37. The standard InChI is InChI=1S/C20H29N3O3S.ClH/c1-14-2-5-17(6-3-14)27(25,26)23-10-8-15(9-11-23)20(24)22-12-16-4-7-19(21)18(16)13-22;/h2-3,5-6,15-16,18-19H,4,7-13,21H2,1H3;1H. The maximum Gasteiger partial charge on any atom is 0.243 e. The number of piperidine rings is 1. The molecule has 0 radical (unpaired) electrons. The second kappa shape index (κ2) is 8.30. The Bertz CT molecular complexity index is 806. The second-order valence-electron chi connectivity index (χ2n) is 8.40. The monoisotopic (exact) mass is 427 g/mol. The summed E-state index contributed by atoms with van der Waals surface area (Å²) >= 11 is 0. The number of carbonyl (C=O) groups is 1. The zero-order chi connectivity index (χ0) is 19.2. The predicted octanol–water partition coefficient (Wildman–Crippen LogP) is 2.01. The molecule has 2 heterocycles. The van der Waals surface area contributed by atoms with Crippen molar-refractivity contribution in [1.82, 2.24) is 9.21 Å². The first-order valence-corrected chi connectivity index (χ1v) is 11.4. The van der Waals surface area contributed by atoms with Gasteiger partial charge in [0.25, 0.3) is 0 Å². The molecular weight excluding hydrogens is 398 g/mol. The van der Waals surface area contributed by atoms with Crippen LogP contribution < -0.4 is 5.73 Å². The molecule has 1 amide bonds. The molecule has 2 N–H and O–H groups in total. The Labute approximate surface area is 173 Å². The molecule has 6 nitrogen and oxygen atoms in total. The Morgan fingerprint density at radius 1 is 1.04 bits per heavy atom. The van der Waals surface area contributed by atoms with Gasteiger partial charge in [-0.15, -0.1) is 12.4 Å². The molecule has 28 heavy (non-hydrogen) atoms. The highest BCUT2D eigenvalue weighted by molar-refractivity contribution is 7.89. The van der Waals surface area contributed by atoms with Crippen LogP contribution in [-0.4, -0.2) is 55.8 Å². The van der Waals surface area contributed by atoms with Crippen molar-refractivity contribution in [3.05, 3.63) is 29.8 Å². The molecule has 1 aromatic carbocycles. The largest absolute Gasteiger partial charge is 0.342 e. The molecule has 1 aliphatic carbocycles. The van der Waals surface area contributed by atoms with Crippen molar-refractivity contribution in [2.45, 2.75) is 43.5 Å². The fraction of sp³-hybridized carbons (Fsp3) is 0.650. The third-order valence-electron chi connectivity index (χ3n) is 6.69. The minimum atomic E-state index is -3.47. The van der Waals surface area contributed by atoms with Crippen LogP contribution in [0.4, 0.5) is 0 Å². The number of aryl methyl sites for hydroxylation is 1. The zero-order valence-electron chi connectivity index (χ0n) is 16.3. The van der Waals surface area contributed by atoms with Crippen LogP contribution in [-0.2, 0) is 14.8 Å². The van der Waals surface area contributed by atoms with E-state index in [2.05, 4.69) is 0 Å². The number of nitrogens with two attached hydrogens (primary N) is 1. The van der Waals surface area contributed by atoms with E-state index in [-0.39, 0.29) is 30.3 Å². The van der Waals surface area contributed by atoms with Crippen LogP contribution in [0.5, 0.6) is 0 Å². The lowest BCUT2D eigenvalue weighted by Crippen LogP contribution is -2.44. The number of benzene rings is 1. The highest BCUT2D eigenvalue weighted by Gasteiger charge is 2.44. The van der Waals surface area contributed by atoms with Gasteiger partial charge >= 0.3 is 0 Å². The van der Waals surface area contributed by atoms with E-state index in [0.29, 0.717) is 42.7 Å². The molecule has 1 saturated carbocycles. The van der Waals surface area contributed by atoms with Gasteiger partial charge in [0, 0.05) is 38.1 Å². The number of hydrogen-bond donors (Lipinski definition) is 1. The highest BCUT2D eigenvalue weighted by atomic mass is 35.5. The maximum absolute atomic E-state index is 12.9. The number of rotatable bonds is 3. The van der Waals surface area contributed by atoms with Crippen molar-refractivity contribution < 1.29 is 13.2 Å². The zero-order valence-corrected chi connectivity index (χ0v) is 17.9. The summed E-state index contributed by atoms with van der Waals surface area (Å²) in [4.78, 5) is 15.2. The number of sulfonamides is 1. The number of likely N-dealkylation sites (tertiary alicyclic amines) is 1. The van der Waals surface area contributed by atoms with Crippen molar-refractivity contribution in [3.8, 4) is 0 Å². The molecular formula is C20H30ClN3O3S. The summed E-state index contributed by atoms with van der Waals surface area (Å²) in [7, 11) is -3.47. The number of amides is 1. The lowest BCUT2D eigenvalue weighted by atomic mass is 9.96. The average molecular weight is 428 g/mol. The number of nitrogens with zero attached hydrogens (tertiary/aromatic N) is 2. The van der Waals surface area contributed by atoms with E-state index in [0.717, 1.165) is 31.5 Å². The molecule has 0 bridgehead atoms. The number of hydrogen-bond acceptors (Lipinski definition) is 4. The molecule has 8 heteroatoms. The lowest BCUT2D eigenvalue weighted by molar-refractivity contribution is -0.136. The smallest absolute Gasteiger partial charge is 0.243 e. The van der Waals surface area contributed by atoms with E-state index >= 15 is 0 Å². The SMILES string of the molecule is Cc1ccc(S(=O)(=O)N2CCC(C(=O)N3CC4CCC(N)C4C3)CC2)cc1.Cl. The molecule has 2 saturated heterocycles. The number of halogens is 1. The summed E-state index contributed by atoms with van der Waals surface area (Å²) in [5.74, 6) is 1.15. The van der Waals surface area contributed by atoms with Gasteiger partial charge in [-0.05, 0) is 56.6 Å². The normalized spacial score (nSPS) is 28.8. The molecule has 0 spiro atoms. The van der Waals surface area contributed by atoms with Crippen LogP contribution in [0, 0.1) is 24.7 Å². The average Bonchev–Trinajstić information content (AvgIpc) is 3.24. The fourth-order valence-corrected chi connectivity index (χ4v) is 6.42. The summed E-state index contributed by atoms with van der Waals surface area (Å²) in [5, 5.41) is 0. The Hall–Kier alpha value is -1.15. The fourth-order valence-electron chi connectivity index (χ4n) is 4.95. The van der Waals surface area contributed by atoms with Crippen molar-refractivity contribution in [2.75, 3.05) is 26.2 Å². The Morgan fingerprint density at radius 2 is 1.68 bits per heavy atom. The maximum atomic E-state index is 12.9. The van der Waals surface area contributed by atoms with Gasteiger partial charge in [-0.3, -0.25) is 4.79 Å². The van der Waals surface area contributed by atoms with Crippen LogP contribution in [0.25, 0.3) is 0 Å². The van der Waals surface area contributed by atoms with Gasteiger partial charge < -0.3 is 10.6 Å². The van der Waals surface area contributed by atoms with Gasteiger partial charge in [-0.25, -0.2) is 8.42 Å². The summed E-state index contributed by atoms with van der Waals surface area (Å²) < 4.78 is 27.2. The van der Waals surface area contributed by atoms with Crippen LogP contribution in [0.2, 0.25) is 0 Å². The molecule has 3 atom stereocenters. The molecule has 0 aromatic heterocycles. The second-order valence-corrected chi connectivity index (χ2v) is 10.3. The van der Waals surface area contributed by atoms with Gasteiger partial charge in [0.15, 0.2) is 0 Å². The molecule has 3 fully saturated rings. The van der Waals surface area contributed by atoms with Crippen molar-refractivity contribution in [3.63, 3.8) is 0 Å². The third-order valence-corrected chi connectivity index (χ3v) is 8.60. The molecule has 3 aliphatic rings. The lowest BCUT2D eigenvalue weighted by Gasteiger charge is -2.32. The Balaban J connectivity index is 0.00000225. The van der Waals surface area contributed by atoms with Crippen LogP contribution in [0.15, 0.2) is 29.2 Å². The summed E-state index contributed by atoms with van der Waals surface area (Å²) in [6.07, 6.45) is 3.40. The van der Waals surface area contributed by atoms with E-state index in [1.165, 1.54) is 4.31 Å². The number of fused-ring (bicyclic) bond motifs is 1. The molecule has 2 aliphatic heterocycles. The quantitative estimate of drug-likeness (QED) is 0.799. The van der Waals surface area contributed by atoms with Crippen molar-refractivity contribution in [1.29, 1.82) is 0 Å². The minimum Gasteiger partial charge on any atom is -0.342 e. The van der Waals surface area contributed by atoms with E-state index in [4.69, 9.17) is 5.73 Å². The first-order valence-electron chi connectivity index (χ1n) is 9.97. The molecule has 3 unspecified atom stereocenters. The predicted molar refractivity (Wildman–Crippen MR) is 111 cm³/mol. The first-order chi connectivity index (χ1) is 12.9. The van der Waals surface area contributed by atoms with Gasteiger partial charge in [-0.2, -0.15) is 4.31 Å². The molecule has 1 aromatic rings. The van der Waals surface area contributed by atoms with Crippen molar-refractivity contribution >= 4 is 28.3 Å². The Morgan fingerprint density at radius 3 is 2.29 bits per heavy atom. The Kier molecular flexibility index (Phi) is 6.39.